The van der Waals surface area contributed by atoms with E-state index in [9.17, 15) is 13.2 Å². The molecule has 0 heterocycles. The Morgan fingerprint density at radius 1 is 1.40 bits per heavy atom. The maximum atomic E-state index is 11.8. The molecule has 1 saturated carbocycles. The van der Waals surface area contributed by atoms with Gasteiger partial charge in [0, 0.05) is 12.6 Å². The summed E-state index contributed by atoms with van der Waals surface area (Å²) in [6.07, 6.45) is -1.31. The van der Waals surface area contributed by atoms with E-state index in [1.807, 2.05) is 7.05 Å². The first-order valence-corrected chi connectivity index (χ1v) is 5.21. The lowest BCUT2D eigenvalue weighted by atomic mass is 9.94. The maximum Gasteiger partial charge on any atom is 0.411 e. The van der Waals surface area contributed by atoms with Gasteiger partial charge in [0.1, 0.15) is 6.61 Å². The quantitative estimate of drug-likeness (QED) is 0.700. The molecule has 1 rings (SSSR count). The van der Waals surface area contributed by atoms with Crippen molar-refractivity contribution in [3.63, 3.8) is 0 Å². The van der Waals surface area contributed by atoms with E-state index >= 15 is 0 Å². The first-order valence-electron chi connectivity index (χ1n) is 5.21. The van der Waals surface area contributed by atoms with Gasteiger partial charge in [-0.25, -0.2) is 0 Å². The molecule has 0 bridgehead atoms. The van der Waals surface area contributed by atoms with Gasteiger partial charge in [0.2, 0.25) is 0 Å². The summed E-state index contributed by atoms with van der Waals surface area (Å²) in [6, 6.07) is 0.354. The average Bonchev–Trinajstić information content (AvgIpc) is 2.91. The summed E-state index contributed by atoms with van der Waals surface area (Å²) in [4.78, 5) is 0. The molecule has 0 saturated heterocycles. The molecule has 1 unspecified atom stereocenters. The van der Waals surface area contributed by atoms with Crippen LogP contribution in [0.4, 0.5) is 13.2 Å². The zero-order chi connectivity index (χ0) is 11.5. The number of nitrogens with one attached hydrogen (secondary N) is 1. The predicted octanol–water partition coefficient (Wildman–Crippen LogP) is 2.34. The SMILES string of the molecule is CNC(C)C1(CCOCC(F)(F)F)CC1. The van der Waals surface area contributed by atoms with E-state index in [0.29, 0.717) is 12.5 Å². The zero-order valence-electron chi connectivity index (χ0n) is 9.16. The van der Waals surface area contributed by atoms with Crippen molar-refractivity contribution in [2.45, 2.75) is 38.4 Å². The van der Waals surface area contributed by atoms with Gasteiger partial charge in [0.05, 0.1) is 0 Å². The van der Waals surface area contributed by atoms with E-state index in [-0.39, 0.29) is 12.0 Å². The van der Waals surface area contributed by atoms with Crippen molar-refractivity contribution in [2.24, 2.45) is 5.41 Å². The minimum Gasteiger partial charge on any atom is -0.372 e. The first kappa shape index (κ1) is 12.8. The number of hydrogen-bond donors (Lipinski definition) is 1. The molecule has 15 heavy (non-hydrogen) atoms. The lowest BCUT2D eigenvalue weighted by Crippen LogP contribution is -2.33. The summed E-state index contributed by atoms with van der Waals surface area (Å²) in [7, 11) is 1.88. The summed E-state index contributed by atoms with van der Waals surface area (Å²) in [5.74, 6) is 0. The van der Waals surface area contributed by atoms with Crippen molar-refractivity contribution in [1.82, 2.24) is 5.32 Å². The van der Waals surface area contributed by atoms with Crippen LogP contribution >= 0.6 is 0 Å². The molecule has 5 heteroatoms. The predicted molar refractivity (Wildman–Crippen MR) is 51.7 cm³/mol. The number of rotatable bonds is 6. The highest BCUT2D eigenvalue weighted by molar-refractivity contribution is 4.99. The van der Waals surface area contributed by atoms with Gasteiger partial charge in [-0.05, 0) is 38.6 Å². The standard InChI is InChI=1S/C10H18F3NO/c1-8(14-2)9(3-4-9)5-6-15-7-10(11,12)13/h8,14H,3-7H2,1-2H3. The summed E-state index contributed by atoms with van der Waals surface area (Å²) in [5, 5.41) is 3.15. The monoisotopic (exact) mass is 225 g/mol. The highest BCUT2D eigenvalue weighted by Gasteiger charge is 2.46. The molecule has 1 aliphatic rings. The van der Waals surface area contributed by atoms with Crippen molar-refractivity contribution >= 4 is 0 Å². The fraction of sp³-hybridized carbons (Fsp3) is 1.00. The van der Waals surface area contributed by atoms with E-state index in [1.54, 1.807) is 0 Å². The van der Waals surface area contributed by atoms with Crippen LogP contribution in [-0.2, 0) is 4.74 Å². The molecule has 0 aromatic rings. The molecule has 1 aliphatic carbocycles. The van der Waals surface area contributed by atoms with E-state index < -0.39 is 12.8 Å². The molecule has 0 aromatic heterocycles. The molecule has 1 fully saturated rings. The molecular weight excluding hydrogens is 207 g/mol. The molecule has 0 aromatic carbocycles. The normalized spacial score (nSPS) is 21.4. The van der Waals surface area contributed by atoms with E-state index in [4.69, 9.17) is 0 Å². The summed E-state index contributed by atoms with van der Waals surface area (Å²) in [5.41, 5.74) is 0.181. The Morgan fingerprint density at radius 2 is 2.00 bits per heavy atom. The van der Waals surface area contributed by atoms with Gasteiger partial charge in [-0.2, -0.15) is 13.2 Å². The molecule has 0 radical (unpaired) electrons. The highest BCUT2D eigenvalue weighted by Crippen LogP contribution is 2.51. The largest absolute Gasteiger partial charge is 0.411 e. The molecule has 0 spiro atoms. The second-order valence-electron chi connectivity index (χ2n) is 4.29. The Kier molecular flexibility index (Phi) is 4.00. The summed E-state index contributed by atoms with van der Waals surface area (Å²) < 4.78 is 40.0. The van der Waals surface area contributed by atoms with Crippen LogP contribution < -0.4 is 5.32 Å². The van der Waals surface area contributed by atoms with Gasteiger partial charge >= 0.3 is 6.18 Å². The van der Waals surface area contributed by atoms with Crippen LogP contribution in [0.2, 0.25) is 0 Å². The number of halogens is 3. The molecule has 1 N–H and O–H groups in total. The lowest BCUT2D eigenvalue weighted by Gasteiger charge is -2.22. The van der Waals surface area contributed by atoms with Gasteiger partial charge in [0.15, 0.2) is 0 Å². The Hall–Kier alpha value is -0.290. The van der Waals surface area contributed by atoms with Crippen LogP contribution in [0.1, 0.15) is 26.2 Å². The van der Waals surface area contributed by atoms with Crippen molar-refractivity contribution in [3.8, 4) is 0 Å². The molecule has 2 nitrogen and oxygen atoms in total. The van der Waals surface area contributed by atoms with Crippen molar-refractivity contribution in [1.29, 1.82) is 0 Å². The molecule has 0 amide bonds. The fourth-order valence-corrected chi connectivity index (χ4v) is 1.83. The van der Waals surface area contributed by atoms with Crippen LogP contribution in [0, 0.1) is 5.41 Å². The smallest absolute Gasteiger partial charge is 0.372 e. The second kappa shape index (κ2) is 4.70. The van der Waals surface area contributed by atoms with Crippen LogP contribution in [0.3, 0.4) is 0 Å². The number of ether oxygens (including phenoxy) is 1. The van der Waals surface area contributed by atoms with Gasteiger partial charge in [-0.1, -0.05) is 0 Å². The van der Waals surface area contributed by atoms with Crippen LogP contribution in [0.5, 0.6) is 0 Å². The Labute approximate surface area is 88.2 Å². The number of alkyl halides is 3. The molecular formula is C10H18F3NO. The minimum absolute atomic E-state index is 0.181. The van der Waals surface area contributed by atoms with Crippen LogP contribution in [0.25, 0.3) is 0 Å². The van der Waals surface area contributed by atoms with Gasteiger partial charge in [-0.3, -0.25) is 0 Å². The summed E-state index contributed by atoms with van der Waals surface area (Å²) >= 11 is 0. The summed E-state index contributed by atoms with van der Waals surface area (Å²) in [6.45, 7) is 1.14. The molecule has 90 valence electrons. The van der Waals surface area contributed by atoms with E-state index in [1.165, 1.54) is 0 Å². The van der Waals surface area contributed by atoms with Crippen molar-refractivity contribution in [2.75, 3.05) is 20.3 Å². The third-order valence-corrected chi connectivity index (χ3v) is 3.25. The lowest BCUT2D eigenvalue weighted by molar-refractivity contribution is -0.174. The first-order chi connectivity index (χ1) is 6.90. The van der Waals surface area contributed by atoms with E-state index in [2.05, 4.69) is 17.0 Å². The molecule has 1 atom stereocenters. The Morgan fingerprint density at radius 3 is 2.40 bits per heavy atom. The Balaban J connectivity index is 2.15. The van der Waals surface area contributed by atoms with Crippen LogP contribution in [-0.4, -0.2) is 32.5 Å². The van der Waals surface area contributed by atoms with Crippen molar-refractivity contribution < 1.29 is 17.9 Å². The Bertz CT molecular complexity index is 201. The minimum atomic E-state index is -4.20. The third-order valence-electron chi connectivity index (χ3n) is 3.25. The second-order valence-corrected chi connectivity index (χ2v) is 4.29. The maximum absolute atomic E-state index is 11.8. The average molecular weight is 225 g/mol. The molecule has 0 aliphatic heterocycles. The third kappa shape index (κ3) is 3.99. The van der Waals surface area contributed by atoms with E-state index in [0.717, 1.165) is 12.8 Å². The van der Waals surface area contributed by atoms with Crippen LogP contribution in [0.15, 0.2) is 0 Å². The number of hydrogen-bond acceptors (Lipinski definition) is 2. The van der Waals surface area contributed by atoms with Gasteiger partial charge < -0.3 is 10.1 Å². The zero-order valence-corrected chi connectivity index (χ0v) is 9.16. The fourth-order valence-electron chi connectivity index (χ4n) is 1.83. The van der Waals surface area contributed by atoms with Crippen molar-refractivity contribution in [3.05, 3.63) is 0 Å². The van der Waals surface area contributed by atoms with Gasteiger partial charge in [-0.15, -0.1) is 0 Å². The topological polar surface area (TPSA) is 21.3 Å². The highest BCUT2D eigenvalue weighted by atomic mass is 19.4. The van der Waals surface area contributed by atoms with Gasteiger partial charge in [0.25, 0.3) is 0 Å².